The number of anilines is 3. The van der Waals surface area contributed by atoms with Crippen LogP contribution < -0.4 is 20.4 Å². The van der Waals surface area contributed by atoms with Crippen molar-refractivity contribution < 1.29 is 10.0 Å². The first-order chi connectivity index (χ1) is 21.4. The number of likely N-dealkylation sites (tertiary alicyclic amines) is 1. The van der Waals surface area contributed by atoms with Crippen LogP contribution in [0.5, 0.6) is 0 Å². The smallest absolute Gasteiger partial charge is 0.134 e. The summed E-state index contributed by atoms with van der Waals surface area (Å²) in [6.45, 7) is 9.87. The predicted octanol–water partition coefficient (Wildman–Crippen LogP) is 5.28. The molecule has 1 spiro atoms. The molecule has 7 nitrogen and oxygen atoms in total. The lowest BCUT2D eigenvalue weighted by molar-refractivity contribution is -1.01. The third-order valence-electron chi connectivity index (χ3n) is 10.5. The number of nitrogens with zero attached hydrogens (tertiary/aromatic N) is 3. The van der Waals surface area contributed by atoms with Gasteiger partial charge in [0.15, 0.2) is 0 Å². The second kappa shape index (κ2) is 12.0. The summed E-state index contributed by atoms with van der Waals surface area (Å²) in [4.78, 5) is 12.9. The minimum absolute atomic E-state index is 0.491. The van der Waals surface area contributed by atoms with Gasteiger partial charge in [-0.2, -0.15) is 0 Å². The van der Waals surface area contributed by atoms with Crippen molar-refractivity contribution in [3.8, 4) is 0 Å². The van der Waals surface area contributed by atoms with Crippen molar-refractivity contribution in [2.45, 2.75) is 70.7 Å². The number of β-amino-alcohol motifs (C(OH)–C–C–N with tert-alkyl or cyclic N) is 1. The minimum Gasteiger partial charge on any atom is -0.386 e. The molecule has 44 heavy (non-hydrogen) atoms. The highest BCUT2D eigenvalue weighted by molar-refractivity contribution is 5.94. The van der Waals surface area contributed by atoms with Gasteiger partial charge < -0.3 is 25.5 Å². The molecule has 2 saturated heterocycles. The Kier molecular flexibility index (Phi) is 7.93. The maximum Gasteiger partial charge on any atom is 0.134 e. The molecule has 0 amide bonds. The van der Waals surface area contributed by atoms with Gasteiger partial charge in [0, 0.05) is 54.8 Å². The molecule has 3 aromatic carbocycles. The van der Waals surface area contributed by atoms with Gasteiger partial charge in [-0.25, -0.2) is 9.97 Å². The quantitative estimate of drug-likeness (QED) is 0.201. The molecule has 3 fully saturated rings. The van der Waals surface area contributed by atoms with Crippen molar-refractivity contribution in [2.75, 3.05) is 41.7 Å². The van der Waals surface area contributed by atoms with Crippen LogP contribution in [-0.4, -0.2) is 52.9 Å². The number of nitrogens with one attached hydrogen (secondary N) is 3. The molecule has 1 unspecified atom stereocenters. The van der Waals surface area contributed by atoms with E-state index in [9.17, 15) is 5.11 Å². The third-order valence-corrected chi connectivity index (χ3v) is 10.5. The number of hydrogen-bond donors (Lipinski definition) is 4. The molecule has 4 aromatic rings. The molecule has 0 radical (unpaired) electrons. The summed E-state index contributed by atoms with van der Waals surface area (Å²) in [6.07, 6.45) is 7.56. The van der Waals surface area contributed by atoms with Gasteiger partial charge in [0.25, 0.3) is 0 Å². The monoisotopic (exact) mass is 591 g/mol. The number of hydrogen-bond acceptors (Lipinski definition) is 6. The molecule has 0 bridgehead atoms. The minimum atomic E-state index is -0.854. The Morgan fingerprint density at radius 2 is 1.80 bits per heavy atom. The number of fused-ring (bicyclic) bond motifs is 1. The van der Waals surface area contributed by atoms with Crippen LogP contribution in [0.2, 0.25) is 0 Å². The van der Waals surface area contributed by atoms with Crippen molar-refractivity contribution in [1.82, 2.24) is 9.97 Å². The molecule has 3 atom stereocenters. The first-order valence-electron chi connectivity index (χ1n) is 16.6. The lowest BCUT2D eigenvalue weighted by Crippen LogP contribution is -3.26. The summed E-state index contributed by atoms with van der Waals surface area (Å²) in [5, 5.41) is 21.2. The highest BCUT2D eigenvalue weighted by atomic mass is 16.3. The van der Waals surface area contributed by atoms with Crippen LogP contribution in [-0.2, 0) is 13.1 Å². The average molecular weight is 592 g/mol. The lowest BCUT2D eigenvalue weighted by Gasteiger charge is -2.60. The van der Waals surface area contributed by atoms with Gasteiger partial charge in [0.05, 0.1) is 17.6 Å². The SMILES string of the molecule is CC(C)[C@@H]1[NH+](Cc2ccc3c(NC[C@]4(O)CCCN(c5cc(NCc6ccccc6)ncn5)C4)cccc3c2)CC12CCC2. The Bertz CT molecular complexity index is 1590. The normalized spacial score (nSPS) is 24.2. The number of benzene rings is 3. The highest BCUT2D eigenvalue weighted by Crippen LogP contribution is 2.48. The Morgan fingerprint density at radius 3 is 2.59 bits per heavy atom. The molecule has 230 valence electrons. The maximum absolute atomic E-state index is 11.7. The molecule has 2 aliphatic heterocycles. The van der Waals surface area contributed by atoms with Gasteiger partial charge >= 0.3 is 0 Å². The zero-order chi connectivity index (χ0) is 30.1. The molecule has 3 aliphatic rings. The van der Waals surface area contributed by atoms with Crippen LogP contribution in [0.25, 0.3) is 10.8 Å². The van der Waals surface area contributed by atoms with E-state index in [1.807, 2.05) is 24.3 Å². The fourth-order valence-electron chi connectivity index (χ4n) is 8.42. The molecule has 7 rings (SSSR count). The first-order valence-corrected chi connectivity index (χ1v) is 16.6. The zero-order valence-corrected chi connectivity index (χ0v) is 26.2. The molecule has 1 aromatic heterocycles. The van der Waals surface area contributed by atoms with Crippen molar-refractivity contribution >= 4 is 28.1 Å². The predicted molar refractivity (Wildman–Crippen MR) is 179 cm³/mol. The van der Waals surface area contributed by atoms with Gasteiger partial charge in [-0.1, -0.05) is 74.9 Å². The van der Waals surface area contributed by atoms with E-state index < -0.39 is 5.60 Å². The molecule has 4 N–H and O–H groups in total. The third kappa shape index (κ3) is 5.87. The topological polar surface area (TPSA) is 77.8 Å². The first kappa shape index (κ1) is 29.1. The molecule has 3 heterocycles. The number of aromatic nitrogens is 2. The number of piperidine rings is 1. The van der Waals surface area contributed by atoms with Crippen LogP contribution >= 0.6 is 0 Å². The second-order valence-corrected chi connectivity index (χ2v) is 14.0. The van der Waals surface area contributed by atoms with Gasteiger partial charge in [0.2, 0.25) is 0 Å². The number of rotatable bonds is 10. The fourth-order valence-corrected chi connectivity index (χ4v) is 8.42. The molecular formula is C37H47N6O+. The van der Waals surface area contributed by atoms with Gasteiger partial charge in [0.1, 0.15) is 30.5 Å². The van der Waals surface area contributed by atoms with Crippen molar-refractivity contribution in [1.29, 1.82) is 0 Å². The second-order valence-electron chi connectivity index (χ2n) is 14.0. The van der Waals surface area contributed by atoms with Crippen LogP contribution in [0.1, 0.15) is 57.1 Å². The number of quaternary nitrogens is 1. The van der Waals surface area contributed by atoms with E-state index in [0.717, 1.165) is 55.2 Å². The van der Waals surface area contributed by atoms with Crippen molar-refractivity contribution in [3.05, 3.63) is 90.3 Å². The zero-order valence-electron chi connectivity index (χ0n) is 26.2. The van der Waals surface area contributed by atoms with E-state index in [-0.39, 0.29) is 0 Å². The number of aliphatic hydroxyl groups is 1. The summed E-state index contributed by atoms with van der Waals surface area (Å²) in [6, 6.07) is 26.6. The summed E-state index contributed by atoms with van der Waals surface area (Å²) in [7, 11) is 0. The van der Waals surface area contributed by atoms with E-state index in [0.29, 0.717) is 25.0 Å². The Balaban J connectivity index is 0.989. The van der Waals surface area contributed by atoms with Crippen LogP contribution in [0.15, 0.2) is 79.1 Å². The summed E-state index contributed by atoms with van der Waals surface area (Å²) in [5.74, 6) is 2.38. The van der Waals surface area contributed by atoms with Gasteiger partial charge in [-0.15, -0.1) is 0 Å². The summed E-state index contributed by atoms with van der Waals surface area (Å²) >= 11 is 0. The lowest BCUT2D eigenvalue weighted by atomic mass is 9.55. The van der Waals surface area contributed by atoms with E-state index in [1.54, 1.807) is 11.2 Å². The molecule has 7 heteroatoms. The molecular weight excluding hydrogens is 544 g/mol. The standard InChI is InChI=1S/C37H46N6O/c1-27(2)35-36(15-7-16-36)24-43(35)22-29-13-14-31-30(19-29)11-6-12-32(31)39-23-37(44)17-8-18-42(25-37)34-20-33(40-26-41-34)38-21-28-9-4-3-5-10-28/h3-6,9-14,19-20,26-27,35,39,44H,7-8,15-18,21-25H2,1-2H3,(H,38,40,41)/p+1/t35-,37+/m0/s1. The summed E-state index contributed by atoms with van der Waals surface area (Å²) in [5.41, 5.74) is 3.50. The van der Waals surface area contributed by atoms with Crippen LogP contribution in [0.4, 0.5) is 17.3 Å². The fraction of sp³-hybridized carbons (Fsp3) is 0.459. The molecule has 1 aliphatic carbocycles. The van der Waals surface area contributed by atoms with E-state index in [2.05, 4.69) is 87.9 Å². The Labute approximate surface area is 261 Å². The average Bonchev–Trinajstić information content (AvgIpc) is 3.00. The van der Waals surface area contributed by atoms with Crippen LogP contribution in [0, 0.1) is 11.3 Å². The van der Waals surface area contributed by atoms with E-state index >= 15 is 0 Å². The van der Waals surface area contributed by atoms with Crippen LogP contribution in [0.3, 0.4) is 0 Å². The summed E-state index contributed by atoms with van der Waals surface area (Å²) < 4.78 is 0. The van der Waals surface area contributed by atoms with Gasteiger partial charge in [-0.05, 0) is 48.8 Å². The highest BCUT2D eigenvalue weighted by Gasteiger charge is 2.60. The van der Waals surface area contributed by atoms with Crippen molar-refractivity contribution in [3.63, 3.8) is 0 Å². The Hall–Kier alpha value is -3.68. The Morgan fingerprint density at radius 1 is 0.932 bits per heavy atom. The van der Waals surface area contributed by atoms with Gasteiger partial charge in [-0.3, -0.25) is 0 Å². The maximum atomic E-state index is 11.7. The van der Waals surface area contributed by atoms with E-state index in [1.165, 1.54) is 47.7 Å². The molecule has 1 saturated carbocycles. The van der Waals surface area contributed by atoms with E-state index in [4.69, 9.17) is 0 Å². The van der Waals surface area contributed by atoms with Crippen molar-refractivity contribution in [2.24, 2.45) is 11.3 Å². The largest absolute Gasteiger partial charge is 0.386 e.